The molecule has 1 amide bonds. The fraction of sp³-hybridized carbons (Fsp3) is 0.571. The van der Waals surface area contributed by atoms with Crippen molar-refractivity contribution in [2.45, 2.75) is 65.8 Å². The van der Waals surface area contributed by atoms with E-state index >= 15 is 0 Å². The molecule has 1 saturated heterocycles. The summed E-state index contributed by atoms with van der Waals surface area (Å²) >= 11 is 0. The van der Waals surface area contributed by atoms with Gasteiger partial charge in [-0.2, -0.15) is 0 Å². The number of benzene rings is 1. The molecule has 26 heavy (non-hydrogen) atoms. The molecule has 5 nitrogen and oxygen atoms in total. The zero-order valence-electron chi connectivity index (χ0n) is 16.6. The van der Waals surface area contributed by atoms with E-state index in [1.165, 1.54) is 5.56 Å². The van der Waals surface area contributed by atoms with Crippen molar-refractivity contribution in [1.82, 2.24) is 0 Å². The van der Waals surface area contributed by atoms with Gasteiger partial charge in [-0.3, -0.25) is 14.6 Å². The first kappa shape index (κ1) is 20.1. The summed E-state index contributed by atoms with van der Waals surface area (Å²) in [5.41, 5.74) is 7.68. The molecule has 0 radical (unpaired) electrons. The number of Topliss-reactive ketones (excluding diaryl/α,β-unsaturated/α-hetero) is 1. The molecule has 1 unspecified atom stereocenters. The highest BCUT2D eigenvalue weighted by Crippen LogP contribution is 2.28. The van der Waals surface area contributed by atoms with Crippen LogP contribution in [0, 0.1) is 5.41 Å². The van der Waals surface area contributed by atoms with Gasteiger partial charge < -0.3 is 10.6 Å². The predicted molar refractivity (Wildman–Crippen MR) is 107 cm³/mol. The van der Waals surface area contributed by atoms with Crippen LogP contribution in [0.25, 0.3) is 0 Å². The summed E-state index contributed by atoms with van der Waals surface area (Å²) in [5, 5.41) is 0. The normalized spacial score (nSPS) is 18.7. The minimum atomic E-state index is -0.423. The van der Waals surface area contributed by atoms with Gasteiger partial charge in [0, 0.05) is 17.5 Å². The number of hydrogen-bond donors (Lipinski definition) is 1. The van der Waals surface area contributed by atoms with Gasteiger partial charge in [0.1, 0.15) is 11.6 Å². The highest BCUT2D eigenvalue weighted by molar-refractivity contribution is 6.02. The van der Waals surface area contributed by atoms with Crippen molar-refractivity contribution in [3.63, 3.8) is 0 Å². The van der Waals surface area contributed by atoms with Crippen LogP contribution in [0.15, 0.2) is 29.3 Å². The van der Waals surface area contributed by atoms with E-state index < -0.39 is 5.41 Å². The molecule has 1 aromatic carbocycles. The number of aliphatic imine (C=N–C) groups is 1. The van der Waals surface area contributed by atoms with Gasteiger partial charge in [-0.05, 0) is 30.0 Å². The Morgan fingerprint density at radius 3 is 2.42 bits per heavy atom. The van der Waals surface area contributed by atoms with Crippen LogP contribution < -0.4 is 10.6 Å². The van der Waals surface area contributed by atoms with Crippen LogP contribution in [-0.2, 0) is 9.59 Å². The highest BCUT2D eigenvalue weighted by Gasteiger charge is 2.32. The maximum Gasteiger partial charge on any atom is 0.227 e. The number of anilines is 1. The lowest BCUT2D eigenvalue weighted by Gasteiger charge is -2.24. The molecular weight excluding hydrogens is 326 g/mol. The third-order valence-corrected chi connectivity index (χ3v) is 4.85. The van der Waals surface area contributed by atoms with E-state index in [4.69, 9.17) is 5.73 Å². The Kier molecular flexibility index (Phi) is 6.21. The van der Waals surface area contributed by atoms with Crippen LogP contribution >= 0.6 is 0 Å². The molecule has 0 bridgehead atoms. The minimum absolute atomic E-state index is 0.00399. The molecule has 1 atom stereocenters. The van der Waals surface area contributed by atoms with Crippen molar-refractivity contribution >= 4 is 23.2 Å². The molecule has 0 saturated carbocycles. The third kappa shape index (κ3) is 4.93. The van der Waals surface area contributed by atoms with Crippen molar-refractivity contribution in [1.29, 1.82) is 0 Å². The quantitative estimate of drug-likeness (QED) is 0.623. The van der Waals surface area contributed by atoms with E-state index in [-0.39, 0.29) is 24.2 Å². The Morgan fingerprint density at radius 2 is 1.88 bits per heavy atom. The predicted octanol–water partition coefficient (Wildman–Crippen LogP) is 3.67. The standard InChI is InChI=1S/C21H31N3O2/c1-14(2)15-6-8-16(9-7-15)24-17(10-11-20(24)26)13-23-19(22)12-18(25)21(3,4)5/h6-9,14,17H,10-13H2,1-5H3,(H2,22,23). The van der Waals surface area contributed by atoms with Gasteiger partial charge >= 0.3 is 0 Å². The second kappa shape index (κ2) is 8.02. The van der Waals surface area contributed by atoms with Crippen molar-refractivity contribution in [3.05, 3.63) is 29.8 Å². The number of ketones is 1. The van der Waals surface area contributed by atoms with Gasteiger partial charge in [0.2, 0.25) is 5.91 Å². The first-order chi connectivity index (χ1) is 12.1. The SMILES string of the molecule is CC(C)c1ccc(N2C(=O)CCC2CN=C(N)CC(=O)C(C)(C)C)cc1. The molecule has 0 spiro atoms. The van der Waals surface area contributed by atoms with E-state index in [1.807, 2.05) is 37.8 Å². The number of amides is 1. The summed E-state index contributed by atoms with van der Waals surface area (Å²) in [4.78, 5) is 30.6. The molecule has 1 aromatic rings. The molecule has 142 valence electrons. The number of carbonyl (C=O) groups is 2. The fourth-order valence-corrected chi connectivity index (χ4v) is 3.00. The summed E-state index contributed by atoms with van der Waals surface area (Å²) in [6.45, 7) is 10.4. The number of rotatable bonds is 6. The number of carbonyl (C=O) groups excluding carboxylic acids is 2. The fourth-order valence-electron chi connectivity index (χ4n) is 3.00. The van der Waals surface area contributed by atoms with Crippen molar-refractivity contribution in [2.75, 3.05) is 11.4 Å². The first-order valence-electron chi connectivity index (χ1n) is 9.33. The van der Waals surface area contributed by atoms with Gasteiger partial charge in [-0.15, -0.1) is 0 Å². The Hall–Kier alpha value is -2.17. The zero-order valence-corrected chi connectivity index (χ0v) is 16.6. The van der Waals surface area contributed by atoms with Crippen molar-refractivity contribution in [3.8, 4) is 0 Å². The number of amidine groups is 1. The topological polar surface area (TPSA) is 75.8 Å². The smallest absolute Gasteiger partial charge is 0.227 e. The molecule has 0 aromatic heterocycles. The van der Waals surface area contributed by atoms with Crippen LogP contribution in [-0.4, -0.2) is 30.1 Å². The van der Waals surface area contributed by atoms with E-state index in [0.29, 0.717) is 24.7 Å². The first-order valence-corrected chi connectivity index (χ1v) is 9.33. The number of nitrogens with zero attached hydrogens (tertiary/aromatic N) is 2. The largest absolute Gasteiger partial charge is 0.387 e. The van der Waals surface area contributed by atoms with Crippen molar-refractivity contribution in [2.24, 2.45) is 16.1 Å². The monoisotopic (exact) mass is 357 g/mol. The number of hydrogen-bond acceptors (Lipinski definition) is 3. The van der Waals surface area contributed by atoms with Crippen LogP contribution in [0.1, 0.15) is 65.4 Å². The number of nitrogens with two attached hydrogens (primary N) is 1. The van der Waals surface area contributed by atoms with E-state index in [2.05, 4.69) is 31.0 Å². The van der Waals surface area contributed by atoms with E-state index in [9.17, 15) is 9.59 Å². The second-order valence-electron chi connectivity index (χ2n) is 8.38. The van der Waals surface area contributed by atoms with Crippen LogP contribution in [0.3, 0.4) is 0 Å². The maximum atomic E-state index is 12.3. The molecule has 0 aliphatic carbocycles. The van der Waals surface area contributed by atoms with Gasteiger partial charge in [-0.1, -0.05) is 46.8 Å². The maximum absolute atomic E-state index is 12.3. The van der Waals surface area contributed by atoms with Crippen molar-refractivity contribution < 1.29 is 9.59 Å². The summed E-state index contributed by atoms with van der Waals surface area (Å²) in [6, 6.07) is 8.14. The highest BCUT2D eigenvalue weighted by atomic mass is 16.2. The molecule has 5 heteroatoms. The molecular formula is C21H31N3O2. The van der Waals surface area contributed by atoms with Crippen LogP contribution in [0.4, 0.5) is 5.69 Å². The summed E-state index contributed by atoms with van der Waals surface area (Å²) in [5.74, 6) is 0.993. The van der Waals surface area contributed by atoms with Gasteiger partial charge in [-0.25, -0.2) is 0 Å². The van der Waals surface area contributed by atoms with Crippen LogP contribution in [0.2, 0.25) is 0 Å². The van der Waals surface area contributed by atoms with Gasteiger partial charge in [0.05, 0.1) is 19.0 Å². The van der Waals surface area contributed by atoms with E-state index in [0.717, 1.165) is 12.1 Å². The lowest BCUT2D eigenvalue weighted by Crippen LogP contribution is -2.35. The summed E-state index contributed by atoms with van der Waals surface area (Å²) in [7, 11) is 0. The zero-order chi connectivity index (χ0) is 19.5. The molecule has 1 fully saturated rings. The summed E-state index contributed by atoms with van der Waals surface area (Å²) in [6.07, 6.45) is 1.44. The second-order valence-corrected chi connectivity index (χ2v) is 8.38. The average Bonchev–Trinajstić information content (AvgIpc) is 2.92. The lowest BCUT2D eigenvalue weighted by molar-refractivity contribution is -0.125. The average molecular weight is 357 g/mol. The molecule has 1 heterocycles. The Balaban J connectivity index is 2.07. The Labute approximate surface area is 156 Å². The molecule has 2 N–H and O–H groups in total. The van der Waals surface area contributed by atoms with E-state index in [1.54, 1.807) is 0 Å². The molecule has 2 rings (SSSR count). The summed E-state index contributed by atoms with van der Waals surface area (Å²) < 4.78 is 0. The minimum Gasteiger partial charge on any atom is -0.387 e. The molecule has 1 aliphatic heterocycles. The molecule has 1 aliphatic rings. The Morgan fingerprint density at radius 1 is 1.27 bits per heavy atom. The van der Waals surface area contributed by atoms with Crippen LogP contribution in [0.5, 0.6) is 0 Å². The Bertz CT molecular complexity index is 684. The lowest BCUT2D eigenvalue weighted by atomic mass is 9.89. The third-order valence-electron chi connectivity index (χ3n) is 4.85. The van der Waals surface area contributed by atoms with Gasteiger partial charge in [0.25, 0.3) is 0 Å². The van der Waals surface area contributed by atoms with Gasteiger partial charge in [0.15, 0.2) is 0 Å².